The third-order valence-corrected chi connectivity index (χ3v) is 0.439. The maximum Gasteiger partial charge on any atom is 0.198 e. The van der Waals surface area contributed by atoms with Gasteiger partial charge in [-0.15, -0.1) is 0 Å². The van der Waals surface area contributed by atoms with Gasteiger partial charge in [-0.25, -0.2) is 0 Å². The Hall–Kier alpha value is -0.730. The van der Waals surface area contributed by atoms with Crippen LogP contribution in [0.1, 0.15) is 13.3 Å². The van der Waals surface area contributed by atoms with Gasteiger partial charge in [-0.2, -0.15) is 0 Å². The van der Waals surface area contributed by atoms with Crippen LogP contribution in [0.15, 0.2) is 0 Å². The lowest BCUT2D eigenvalue weighted by atomic mass is 10.5. The first-order valence-electron chi connectivity index (χ1n) is 2.18. The molecule has 0 unspecified atom stereocenters. The van der Waals surface area contributed by atoms with Gasteiger partial charge in [0.2, 0.25) is 0 Å². The van der Waals surface area contributed by atoms with Crippen molar-refractivity contribution in [1.29, 1.82) is 0 Å². The standard InChI is InChI=1S/C4H9NO2/c1-3-4-7-5(2)6/h2-4H2,1H3. The predicted octanol–water partition coefficient (Wildman–Crippen LogP) is 0.539. The van der Waals surface area contributed by atoms with Crippen molar-refractivity contribution in [2.24, 2.45) is 0 Å². The van der Waals surface area contributed by atoms with E-state index >= 15 is 0 Å². The van der Waals surface area contributed by atoms with Crippen LogP contribution in [0.5, 0.6) is 0 Å². The summed E-state index contributed by atoms with van der Waals surface area (Å²) in [5.74, 6) is 0. The number of hydrogen-bond donors (Lipinski definition) is 0. The van der Waals surface area contributed by atoms with E-state index in [9.17, 15) is 5.21 Å². The van der Waals surface area contributed by atoms with E-state index in [1.54, 1.807) is 0 Å². The lowest BCUT2D eigenvalue weighted by Gasteiger charge is -1.98. The summed E-state index contributed by atoms with van der Waals surface area (Å²) in [4.78, 5) is 4.57. The minimum atomic E-state index is 0.212. The molecule has 0 spiro atoms. The molecule has 0 aliphatic carbocycles. The van der Waals surface area contributed by atoms with E-state index < -0.39 is 0 Å². The molecular formula is C4H9NO2. The summed E-state index contributed by atoms with van der Waals surface area (Å²) in [6.07, 6.45) is 0.842. The van der Waals surface area contributed by atoms with E-state index in [0.717, 1.165) is 6.42 Å². The molecule has 0 aromatic carbocycles. The van der Waals surface area contributed by atoms with Crippen LogP contribution in [0.2, 0.25) is 0 Å². The zero-order chi connectivity index (χ0) is 5.70. The normalized spacial score (nSPS) is 8.14. The van der Waals surface area contributed by atoms with Gasteiger partial charge in [-0.05, 0) is 6.42 Å². The summed E-state index contributed by atoms with van der Waals surface area (Å²) in [5.41, 5.74) is 0. The lowest BCUT2D eigenvalue weighted by molar-refractivity contribution is -0.735. The van der Waals surface area contributed by atoms with Gasteiger partial charge < -0.3 is 4.84 Å². The van der Waals surface area contributed by atoms with Crippen LogP contribution in [-0.4, -0.2) is 18.2 Å². The molecule has 0 amide bonds. The molecule has 0 N–H and O–H groups in total. The molecule has 0 aliphatic heterocycles. The second-order valence-electron chi connectivity index (χ2n) is 1.17. The van der Waals surface area contributed by atoms with E-state index in [4.69, 9.17) is 0 Å². The Morgan fingerprint density at radius 1 is 1.86 bits per heavy atom. The first kappa shape index (κ1) is 6.27. The molecule has 0 saturated heterocycles. The van der Waals surface area contributed by atoms with Gasteiger partial charge >= 0.3 is 0 Å². The predicted molar refractivity (Wildman–Crippen MR) is 27.0 cm³/mol. The summed E-state index contributed by atoms with van der Waals surface area (Å²) in [6, 6.07) is 0. The van der Waals surface area contributed by atoms with Crippen molar-refractivity contribution in [1.82, 2.24) is 0 Å². The zero-order valence-corrected chi connectivity index (χ0v) is 4.39. The average molecular weight is 103 g/mol. The summed E-state index contributed by atoms with van der Waals surface area (Å²) < 4.78 is 0. The minimum Gasteiger partial charge on any atom is -0.404 e. The van der Waals surface area contributed by atoms with Crippen LogP contribution >= 0.6 is 0 Å². The molecule has 0 aromatic heterocycles. The van der Waals surface area contributed by atoms with Crippen molar-refractivity contribution < 1.29 is 9.74 Å². The monoisotopic (exact) mass is 103 g/mol. The van der Waals surface area contributed by atoms with E-state index in [1.807, 2.05) is 6.92 Å². The maximum atomic E-state index is 9.79. The Kier molecular flexibility index (Phi) is 3.10. The third kappa shape index (κ3) is 5.27. The molecule has 0 aliphatic rings. The lowest BCUT2D eigenvalue weighted by Crippen LogP contribution is -2.01. The molecule has 0 radical (unpaired) electrons. The Balaban J connectivity index is 2.82. The first-order valence-corrected chi connectivity index (χ1v) is 2.18. The maximum absolute atomic E-state index is 9.79. The SMILES string of the molecule is C=[N+]([O-])OCCC. The molecule has 0 saturated carbocycles. The summed E-state index contributed by atoms with van der Waals surface area (Å²) >= 11 is 0. The summed E-state index contributed by atoms with van der Waals surface area (Å²) in [7, 11) is 0. The van der Waals surface area contributed by atoms with Crippen LogP contribution in [0.4, 0.5) is 0 Å². The molecule has 7 heavy (non-hydrogen) atoms. The molecule has 0 atom stereocenters. The average Bonchev–Trinajstić information content (AvgIpc) is 1.61. The molecule has 42 valence electrons. The van der Waals surface area contributed by atoms with Crippen molar-refractivity contribution in [2.75, 3.05) is 6.61 Å². The van der Waals surface area contributed by atoms with Gasteiger partial charge in [0.15, 0.2) is 6.72 Å². The van der Waals surface area contributed by atoms with Gasteiger partial charge in [0.05, 0.1) is 6.61 Å². The third-order valence-electron chi connectivity index (χ3n) is 0.439. The van der Waals surface area contributed by atoms with Gasteiger partial charge in [0, 0.05) is 4.90 Å². The Morgan fingerprint density at radius 2 is 2.43 bits per heavy atom. The van der Waals surface area contributed by atoms with Crippen LogP contribution in [-0.2, 0) is 4.84 Å². The number of rotatable bonds is 3. The second kappa shape index (κ2) is 3.46. The quantitative estimate of drug-likeness (QED) is 0.297. The van der Waals surface area contributed by atoms with E-state index in [1.165, 1.54) is 0 Å². The molecule has 0 heterocycles. The Morgan fingerprint density at radius 3 is 2.57 bits per heavy atom. The topological polar surface area (TPSA) is 35.3 Å². The van der Waals surface area contributed by atoms with Crippen molar-refractivity contribution in [2.45, 2.75) is 13.3 Å². The largest absolute Gasteiger partial charge is 0.404 e. The van der Waals surface area contributed by atoms with Gasteiger partial charge in [-0.1, -0.05) is 6.92 Å². The molecule has 3 nitrogen and oxygen atoms in total. The van der Waals surface area contributed by atoms with Crippen LogP contribution in [0, 0.1) is 5.21 Å². The fourth-order valence-corrected chi connectivity index (χ4v) is 0.193. The highest BCUT2D eigenvalue weighted by Crippen LogP contribution is 1.76. The molecule has 0 aromatic rings. The highest BCUT2D eigenvalue weighted by Gasteiger charge is 1.77. The molecular weight excluding hydrogens is 94.0 g/mol. The second-order valence-corrected chi connectivity index (χ2v) is 1.17. The molecule has 0 bridgehead atoms. The Bertz CT molecular complexity index is 62.7. The van der Waals surface area contributed by atoms with Gasteiger partial charge in [0.1, 0.15) is 0 Å². The highest BCUT2D eigenvalue weighted by atomic mass is 16.9. The highest BCUT2D eigenvalue weighted by molar-refractivity contribution is 5.13. The fraction of sp³-hybridized carbons (Fsp3) is 0.750. The van der Waals surface area contributed by atoms with E-state index in [-0.39, 0.29) is 4.90 Å². The van der Waals surface area contributed by atoms with Crippen LogP contribution in [0.25, 0.3) is 0 Å². The smallest absolute Gasteiger partial charge is 0.198 e. The van der Waals surface area contributed by atoms with Gasteiger partial charge in [-0.3, -0.25) is 5.21 Å². The molecule has 3 heteroatoms. The van der Waals surface area contributed by atoms with E-state index in [2.05, 4.69) is 11.6 Å². The van der Waals surface area contributed by atoms with Crippen molar-refractivity contribution in [3.63, 3.8) is 0 Å². The number of nitrogens with zero attached hydrogens (tertiary/aromatic N) is 1. The summed E-state index contributed by atoms with van der Waals surface area (Å²) in [6.45, 7) is 5.30. The van der Waals surface area contributed by atoms with Gasteiger partial charge in [0.25, 0.3) is 0 Å². The minimum absolute atomic E-state index is 0.212. The Labute approximate surface area is 42.8 Å². The number of hydrogen-bond acceptors (Lipinski definition) is 2. The van der Waals surface area contributed by atoms with E-state index in [0.29, 0.717) is 6.61 Å². The molecule has 0 fully saturated rings. The van der Waals surface area contributed by atoms with Crippen molar-refractivity contribution in [3.05, 3.63) is 5.21 Å². The summed E-state index contributed by atoms with van der Waals surface area (Å²) in [5, 5.41) is 9.79. The van der Waals surface area contributed by atoms with Crippen LogP contribution in [0.3, 0.4) is 0 Å². The fourth-order valence-electron chi connectivity index (χ4n) is 0.193. The molecule has 0 rings (SSSR count). The van der Waals surface area contributed by atoms with Crippen LogP contribution < -0.4 is 0 Å². The van der Waals surface area contributed by atoms with Crippen molar-refractivity contribution in [3.8, 4) is 0 Å². The zero-order valence-electron chi connectivity index (χ0n) is 4.39. The van der Waals surface area contributed by atoms with Crippen molar-refractivity contribution >= 4 is 6.72 Å². The first-order chi connectivity index (χ1) is 3.27.